The molecule has 2 heterocycles. The molecular formula is C37H43N5O5. The molecule has 0 radical (unpaired) electrons. The van der Waals surface area contributed by atoms with E-state index in [0.29, 0.717) is 73.3 Å². The molecule has 1 atom stereocenters. The molecule has 1 aromatic heterocycles. The van der Waals surface area contributed by atoms with Crippen LogP contribution < -0.4 is 14.2 Å². The number of aryl methyl sites for hydroxylation is 2. The third kappa shape index (κ3) is 8.70. The van der Waals surface area contributed by atoms with Gasteiger partial charge in [-0.2, -0.15) is 5.26 Å². The van der Waals surface area contributed by atoms with E-state index in [1.165, 1.54) is 0 Å². The molecule has 246 valence electrons. The Morgan fingerprint density at radius 1 is 1.00 bits per heavy atom. The lowest BCUT2D eigenvalue weighted by Gasteiger charge is -2.39. The van der Waals surface area contributed by atoms with Crippen molar-refractivity contribution in [2.45, 2.75) is 46.1 Å². The fraction of sp³-hybridized carbons (Fsp3) is 0.378. The van der Waals surface area contributed by atoms with E-state index < -0.39 is 0 Å². The summed E-state index contributed by atoms with van der Waals surface area (Å²) in [5.74, 6) is 3.03. The third-order valence-electron chi connectivity index (χ3n) is 8.24. The van der Waals surface area contributed by atoms with Gasteiger partial charge >= 0.3 is 0 Å². The molecule has 3 aromatic carbocycles. The van der Waals surface area contributed by atoms with Gasteiger partial charge in [-0.3, -0.25) is 9.69 Å². The number of aromatic nitrogens is 2. The lowest BCUT2D eigenvalue weighted by atomic mass is 9.99. The Kier molecular flexibility index (Phi) is 11.5. The number of hydrogen-bond acceptors (Lipinski definition) is 8. The Bertz CT molecular complexity index is 1690. The van der Waals surface area contributed by atoms with Gasteiger partial charge < -0.3 is 29.2 Å². The number of amides is 1. The van der Waals surface area contributed by atoms with Crippen LogP contribution in [0.3, 0.4) is 0 Å². The maximum absolute atomic E-state index is 13.7. The van der Waals surface area contributed by atoms with Gasteiger partial charge in [0.25, 0.3) is 5.91 Å². The van der Waals surface area contributed by atoms with Gasteiger partial charge in [0.05, 0.1) is 36.1 Å². The summed E-state index contributed by atoms with van der Waals surface area (Å²) in [6.45, 7) is 9.29. The molecular weight excluding hydrogens is 594 g/mol. The predicted octanol–water partition coefficient (Wildman–Crippen LogP) is 5.98. The van der Waals surface area contributed by atoms with Crippen LogP contribution in [-0.2, 0) is 6.42 Å². The van der Waals surface area contributed by atoms with Gasteiger partial charge in [0, 0.05) is 38.4 Å². The SMILES string of the molecule is CCCCOc1cc(C)ccc1C(=O)N1CCN(C(Cc2ccc(C#N)c(Oc3cccc(OCCO)c3)c2)c2cnc(C)[nH]2)CC1. The number of hydrogen-bond donors (Lipinski definition) is 2. The first kappa shape index (κ1) is 33.5. The van der Waals surface area contributed by atoms with Gasteiger partial charge in [-0.25, -0.2) is 4.98 Å². The monoisotopic (exact) mass is 637 g/mol. The van der Waals surface area contributed by atoms with E-state index in [1.807, 2.05) is 55.3 Å². The highest BCUT2D eigenvalue weighted by Crippen LogP contribution is 2.32. The summed E-state index contributed by atoms with van der Waals surface area (Å²) in [6, 6.07) is 20.8. The quantitative estimate of drug-likeness (QED) is 0.162. The lowest BCUT2D eigenvalue weighted by molar-refractivity contribution is 0.0559. The van der Waals surface area contributed by atoms with E-state index >= 15 is 0 Å². The molecule has 10 nitrogen and oxygen atoms in total. The zero-order valence-electron chi connectivity index (χ0n) is 27.4. The molecule has 1 aliphatic heterocycles. The van der Waals surface area contributed by atoms with Crippen molar-refractivity contribution in [2.24, 2.45) is 0 Å². The van der Waals surface area contributed by atoms with Crippen molar-refractivity contribution in [1.82, 2.24) is 19.8 Å². The minimum absolute atomic E-state index is 0.00945. The third-order valence-corrected chi connectivity index (χ3v) is 8.24. The molecule has 10 heteroatoms. The second-order valence-corrected chi connectivity index (χ2v) is 11.8. The maximum Gasteiger partial charge on any atom is 0.257 e. The molecule has 2 N–H and O–H groups in total. The number of aliphatic hydroxyl groups excluding tert-OH is 1. The number of ether oxygens (including phenoxy) is 3. The van der Waals surface area contributed by atoms with E-state index in [-0.39, 0.29) is 25.2 Å². The Hall–Kier alpha value is -4.85. The Morgan fingerprint density at radius 2 is 1.81 bits per heavy atom. The van der Waals surface area contributed by atoms with E-state index in [1.54, 1.807) is 30.3 Å². The molecule has 1 saturated heterocycles. The van der Waals surface area contributed by atoms with Crippen LogP contribution in [-0.4, -0.2) is 76.8 Å². The highest BCUT2D eigenvalue weighted by Gasteiger charge is 2.30. The van der Waals surface area contributed by atoms with Crippen LogP contribution in [0.1, 0.15) is 64.4 Å². The van der Waals surface area contributed by atoms with E-state index in [4.69, 9.17) is 19.3 Å². The number of aliphatic hydroxyl groups is 1. The number of imidazole rings is 1. The first-order valence-corrected chi connectivity index (χ1v) is 16.2. The van der Waals surface area contributed by atoms with E-state index in [9.17, 15) is 10.1 Å². The average molecular weight is 638 g/mol. The Morgan fingerprint density at radius 3 is 2.53 bits per heavy atom. The minimum Gasteiger partial charge on any atom is -0.493 e. The summed E-state index contributed by atoms with van der Waals surface area (Å²) in [5.41, 5.74) is 4.08. The lowest BCUT2D eigenvalue weighted by Crippen LogP contribution is -2.50. The molecule has 1 unspecified atom stereocenters. The molecule has 1 aliphatic rings. The van der Waals surface area contributed by atoms with Gasteiger partial charge in [-0.05, 0) is 74.2 Å². The van der Waals surface area contributed by atoms with Crippen LogP contribution in [0.25, 0.3) is 0 Å². The molecule has 0 spiro atoms. The second kappa shape index (κ2) is 16.1. The number of carbonyl (C=O) groups is 1. The summed E-state index contributed by atoms with van der Waals surface area (Å²) in [4.78, 5) is 25.9. The van der Waals surface area contributed by atoms with Gasteiger partial charge in [0.15, 0.2) is 0 Å². The number of aromatic amines is 1. The molecule has 1 fully saturated rings. The van der Waals surface area contributed by atoms with Crippen molar-refractivity contribution in [2.75, 3.05) is 46.0 Å². The fourth-order valence-electron chi connectivity index (χ4n) is 5.72. The van der Waals surface area contributed by atoms with Crippen molar-refractivity contribution in [1.29, 1.82) is 5.26 Å². The van der Waals surface area contributed by atoms with Crippen LogP contribution in [0.2, 0.25) is 0 Å². The highest BCUT2D eigenvalue weighted by atomic mass is 16.5. The molecule has 5 rings (SSSR count). The van der Waals surface area contributed by atoms with Crippen LogP contribution in [0.5, 0.6) is 23.0 Å². The number of nitriles is 1. The number of piperazine rings is 1. The number of benzene rings is 3. The second-order valence-electron chi connectivity index (χ2n) is 11.8. The number of rotatable bonds is 14. The number of H-pyrrole nitrogens is 1. The number of unbranched alkanes of at least 4 members (excludes halogenated alkanes) is 1. The molecule has 4 aromatic rings. The predicted molar refractivity (Wildman–Crippen MR) is 179 cm³/mol. The number of carbonyl (C=O) groups excluding carboxylic acids is 1. The normalized spacial score (nSPS) is 14.0. The number of nitrogens with one attached hydrogen (secondary N) is 1. The topological polar surface area (TPSA) is 124 Å². The van der Waals surface area contributed by atoms with Crippen molar-refractivity contribution < 1.29 is 24.1 Å². The first-order chi connectivity index (χ1) is 22.9. The largest absolute Gasteiger partial charge is 0.493 e. The summed E-state index contributed by atoms with van der Waals surface area (Å²) < 4.78 is 17.7. The highest BCUT2D eigenvalue weighted by molar-refractivity contribution is 5.97. The number of nitrogens with zero attached hydrogens (tertiary/aromatic N) is 4. The standard InChI is InChI=1S/C37H43N5O5/c1-4-5-18-46-36-20-26(2)9-12-32(36)37(44)42-15-13-41(14-16-42)34(33-25-39-27(3)40-33)21-28-10-11-29(24-38)35(22-28)47-31-8-6-7-30(23-31)45-19-17-43/h6-12,20,22-23,25,34,43H,4-5,13-19,21H2,1-3H3,(H,39,40). The summed E-state index contributed by atoms with van der Waals surface area (Å²) in [7, 11) is 0. The first-order valence-electron chi connectivity index (χ1n) is 16.2. The summed E-state index contributed by atoms with van der Waals surface area (Å²) in [6.07, 6.45) is 4.49. The summed E-state index contributed by atoms with van der Waals surface area (Å²) in [5, 5.41) is 18.9. The van der Waals surface area contributed by atoms with Crippen LogP contribution in [0.15, 0.2) is 66.9 Å². The maximum atomic E-state index is 13.7. The molecule has 0 saturated carbocycles. The molecule has 0 aliphatic carbocycles. The Labute approximate surface area is 276 Å². The van der Waals surface area contributed by atoms with Crippen molar-refractivity contribution in [3.05, 3.63) is 101 Å². The molecule has 0 bridgehead atoms. The average Bonchev–Trinajstić information content (AvgIpc) is 3.52. The van der Waals surface area contributed by atoms with Crippen molar-refractivity contribution in [3.63, 3.8) is 0 Å². The van der Waals surface area contributed by atoms with Gasteiger partial charge in [0.2, 0.25) is 0 Å². The zero-order valence-corrected chi connectivity index (χ0v) is 27.4. The molecule has 1 amide bonds. The smallest absolute Gasteiger partial charge is 0.257 e. The Balaban J connectivity index is 1.32. The van der Waals surface area contributed by atoms with Gasteiger partial charge in [-0.15, -0.1) is 0 Å². The minimum atomic E-state index is -0.0874. The van der Waals surface area contributed by atoms with E-state index in [2.05, 4.69) is 27.9 Å². The summed E-state index contributed by atoms with van der Waals surface area (Å²) >= 11 is 0. The fourth-order valence-corrected chi connectivity index (χ4v) is 5.72. The van der Waals surface area contributed by atoms with E-state index in [0.717, 1.165) is 35.5 Å². The molecule has 47 heavy (non-hydrogen) atoms. The van der Waals surface area contributed by atoms with Gasteiger partial charge in [0.1, 0.15) is 41.5 Å². The van der Waals surface area contributed by atoms with Crippen LogP contribution in [0, 0.1) is 25.2 Å². The van der Waals surface area contributed by atoms with Crippen molar-refractivity contribution in [3.8, 4) is 29.1 Å². The van der Waals surface area contributed by atoms with Crippen LogP contribution >= 0.6 is 0 Å². The van der Waals surface area contributed by atoms with Gasteiger partial charge in [-0.1, -0.05) is 31.5 Å². The van der Waals surface area contributed by atoms with Crippen LogP contribution in [0.4, 0.5) is 0 Å². The zero-order chi connectivity index (χ0) is 33.2. The van der Waals surface area contributed by atoms with Crippen molar-refractivity contribution >= 4 is 5.91 Å².